The molecule has 3 heterocycles. The van der Waals surface area contributed by atoms with Crippen molar-refractivity contribution in [3.05, 3.63) is 30.1 Å². The van der Waals surface area contributed by atoms with E-state index < -0.39 is 0 Å². The molecule has 116 valence electrons. The first-order valence-corrected chi connectivity index (χ1v) is 8.47. The van der Waals surface area contributed by atoms with Gasteiger partial charge in [0.2, 0.25) is 0 Å². The maximum Gasteiger partial charge on any atom is 0.256 e. The number of carbonyl (C=O) groups is 1. The van der Waals surface area contributed by atoms with E-state index in [1.165, 1.54) is 19.3 Å². The minimum absolute atomic E-state index is 0.184. The Kier molecular flexibility index (Phi) is 3.40. The van der Waals surface area contributed by atoms with Crippen LogP contribution in [0.2, 0.25) is 0 Å². The molecule has 1 amide bonds. The molecule has 4 rings (SSSR count). The normalized spacial score (nSPS) is 28.6. The van der Waals surface area contributed by atoms with Crippen molar-refractivity contribution in [1.29, 1.82) is 0 Å². The van der Waals surface area contributed by atoms with E-state index in [-0.39, 0.29) is 5.91 Å². The van der Waals surface area contributed by atoms with E-state index >= 15 is 0 Å². The smallest absolute Gasteiger partial charge is 0.256 e. The van der Waals surface area contributed by atoms with E-state index in [2.05, 4.69) is 21.8 Å². The van der Waals surface area contributed by atoms with Crippen LogP contribution in [-0.2, 0) is 0 Å². The third-order valence-electron chi connectivity index (χ3n) is 5.52. The first-order chi connectivity index (χ1) is 10.7. The molecule has 1 aliphatic carbocycles. The van der Waals surface area contributed by atoms with Gasteiger partial charge in [-0.1, -0.05) is 6.92 Å². The first-order valence-electron chi connectivity index (χ1n) is 8.47. The molecule has 0 bridgehead atoms. The molecule has 2 aromatic heterocycles. The highest BCUT2D eigenvalue weighted by Crippen LogP contribution is 2.38. The average molecular weight is 297 g/mol. The number of nitrogens with one attached hydrogen (secondary N) is 1. The molecule has 2 aromatic rings. The van der Waals surface area contributed by atoms with Crippen LogP contribution < -0.4 is 0 Å². The van der Waals surface area contributed by atoms with E-state index in [0.29, 0.717) is 12.0 Å². The lowest BCUT2D eigenvalue weighted by Crippen LogP contribution is -2.50. The quantitative estimate of drug-likeness (QED) is 0.874. The number of aromatic nitrogens is 2. The highest BCUT2D eigenvalue weighted by Gasteiger charge is 2.38. The molecule has 0 radical (unpaired) electrons. The molecule has 0 aromatic carbocycles. The van der Waals surface area contributed by atoms with E-state index in [4.69, 9.17) is 0 Å². The molecule has 4 heteroatoms. The molecule has 1 saturated carbocycles. The summed E-state index contributed by atoms with van der Waals surface area (Å²) in [7, 11) is 0. The SMILES string of the molecule is C[C@@H]1CC[C@H]2[C@H](CCCN2C(=O)c2c[nH]c3ncccc23)C1. The molecule has 1 saturated heterocycles. The van der Waals surface area contributed by atoms with Crippen LogP contribution >= 0.6 is 0 Å². The Morgan fingerprint density at radius 2 is 2.27 bits per heavy atom. The predicted molar refractivity (Wildman–Crippen MR) is 86.7 cm³/mol. The van der Waals surface area contributed by atoms with Gasteiger partial charge in [0, 0.05) is 30.4 Å². The van der Waals surface area contributed by atoms with Gasteiger partial charge in [-0.25, -0.2) is 4.98 Å². The molecule has 1 N–H and O–H groups in total. The largest absolute Gasteiger partial charge is 0.345 e. The van der Waals surface area contributed by atoms with Gasteiger partial charge in [-0.3, -0.25) is 4.79 Å². The molecular weight excluding hydrogens is 274 g/mol. The molecular formula is C18H23N3O. The summed E-state index contributed by atoms with van der Waals surface area (Å²) in [6, 6.07) is 4.32. The van der Waals surface area contributed by atoms with Gasteiger partial charge in [0.25, 0.3) is 5.91 Å². The summed E-state index contributed by atoms with van der Waals surface area (Å²) < 4.78 is 0. The van der Waals surface area contributed by atoms with E-state index in [1.807, 2.05) is 18.3 Å². The van der Waals surface area contributed by atoms with Gasteiger partial charge >= 0.3 is 0 Å². The minimum atomic E-state index is 0.184. The van der Waals surface area contributed by atoms with Gasteiger partial charge in [-0.15, -0.1) is 0 Å². The molecule has 0 spiro atoms. The van der Waals surface area contributed by atoms with E-state index in [9.17, 15) is 4.79 Å². The number of piperidine rings is 1. The Hall–Kier alpha value is -1.84. The average Bonchev–Trinajstić information content (AvgIpc) is 2.97. The predicted octanol–water partition coefficient (Wildman–Crippen LogP) is 3.60. The first kappa shape index (κ1) is 13.8. The maximum atomic E-state index is 13.1. The molecule has 1 aliphatic heterocycles. The zero-order valence-corrected chi connectivity index (χ0v) is 13.1. The number of rotatable bonds is 1. The summed E-state index contributed by atoms with van der Waals surface area (Å²) in [6.07, 6.45) is 9.71. The monoisotopic (exact) mass is 297 g/mol. The number of pyridine rings is 1. The van der Waals surface area contributed by atoms with Crippen LogP contribution in [0.3, 0.4) is 0 Å². The van der Waals surface area contributed by atoms with Crippen molar-refractivity contribution in [3.63, 3.8) is 0 Å². The summed E-state index contributed by atoms with van der Waals surface area (Å²) in [4.78, 5) is 22.7. The fourth-order valence-electron chi connectivity index (χ4n) is 4.43. The van der Waals surface area contributed by atoms with Crippen molar-refractivity contribution < 1.29 is 4.79 Å². The number of hydrogen-bond acceptors (Lipinski definition) is 2. The molecule has 0 unspecified atom stereocenters. The summed E-state index contributed by atoms with van der Waals surface area (Å²) in [5.74, 6) is 1.70. The molecule has 2 aliphatic rings. The minimum Gasteiger partial charge on any atom is -0.345 e. The van der Waals surface area contributed by atoms with Gasteiger partial charge < -0.3 is 9.88 Å². The number of aromatic amines is 1. The summed E-state index contributed by atoms with van der Waals surface area (Å²) in [5, 5.41) is 0.943. The van der Waals surface area contributed by atoms with Crippen LogP contribution in [0.25, 0.3) is 11.0 Å². The van der Waals surface area contributed by atoms with Gasteiger partial charge in [0.15, 0.2) is 0 Å². The Morgan fingerprint density at radius 3 is 3.18 bits per heavy atom. The van der Waals surface area contributed by atoms with Crippen molar-refractivity contribution in [1.82, 2.24) is 14.9 Å². The molecule has 3 atom stereocenters. The Balaban J connectivity index is 1.64. The highest BCUT2D eigenvalue weighted by atomic mass is 16.2. The second-order valence-electron chi connectivity index (χ2n) is 6.99. The van der Waals surface area contributed by atoms with Crippen molar-refractivity contribution in [2.75, 3.05) is 6.54 Å². The fourth-order valence-corrected chi connectivity index (χ4v) is 4.43. The zero-order chi connectivity index (χ0) is 15.1. The van der Waals surface area contributed by atoms with Crippen LogP contribution in [0.15, 0.2) is 24.5 Å². The Morgan fingerprint density at radius 1 is 1.36 bits per heavy atom. The lowest BCUT2D eigenvalue weighted by atomic mass is 9.74. The highest BCUT2D eigenvalue weighted by molar-refractivity contribution is 6.06. The Bertz CT molecular complexity index is 692. The maximum absolute atomic E-state index is 13.1. The number of amides is 1. The summed E-state index contributed by atoms with van der Waals surface area (Å²) in [5.41, 5.74) is 1.58. The fraction of sp³-hybridized carbons (Fsp3) is 0.556. The third kappa shape index (κ3) is 2.21. The number of nitrogens with zero attached hydrogens (tertiary/aromatic N) is 2. The number of likely N-dealkylation sites (tertiary alicyclic amines) is 1. The summed E-state index contributed by atoms with van der Waals surface area (Å²) in [6.45, 7) is 3.25. The molecule has 22 heavy (non-hydrogen) atoms. The van der Waals surface area contributed by atoms with Gasteiger partial charge in [0.1, 0.15) is 5.65 Å². The van der Waals surface area contributed by atoms with Crippen molar-refractivity contribution in [3.8, 4) is 0 Å². The number of hydrogen-bond donors (Lipinski definition) is 1. The standard InChI is InChI=1S/C18H23N3O/c1-12-6-7-16-13(10-12)4-3-9-21(16)18(22)15-11-20-17-14(15)5-2-8-19-17/h2,5,8,11-13,16H,3-4,6-7,9-10H2,1H3,(H,19,20)/t12-,13-,16+/m1/s1. The lowest BCUT2D eigenvalue weighted by Gasteiger charge is -2.45. The zero-order valence-electron chi connectivity index (χ0n) is 13.1. The van der Waals surface area contributed by atoms with Crippen LogP contribution in [0.5, 0.6) is 0 Å². The number of H-pyrrole nitrogens is 1. The molecule has 4 nitrogen and oxygen atoms in total. The van der Waals surface area contributed by atoms with Gasteiger partial charge in [-0.2, -0.15) is 0 Å². The lowest BCUT2D eigenvalue weighted by molar-refractivity contribution is 0.0323. The van der Waals surface area contributed by atoms with Gasteiger partial charge in [0.05, 0.1) is 5.56 Å². The van der Waals surface area contributed by atoms with Crippen LogP contribution in [0.1, 0.15) is 49.4 Å². The molecule has 2 fully saturated rings. The van der Waals surface area contributed by atoms with Crippen LogP contribution in [0, 0.1) is 11.8 Å². The van der Waals surface area contributed by atoms with Crippen molar-refractivity contribution >= 4 is 16.9 Å². The second kappa shape index (κ2) is 5.41. The second-order valence-corrected chi connectivity index (χ2v) is 6.99. The van der Waals surface area contributed by atoms with Crippen molar-refractivity contribution in [2.45, 2.75) is 45.1 Å². The van der Waals surface area contributed by atoms with E-state index in [1.54, 1.807) is 6.20 Å². The van der Waals surface area contributed by atoms with Crippen LogP contribution in [-0.4, -0.2) is 33.4 Å². The number of carbonyl (C=O) groups excluding carboxylic acids is 1. The Labute approximate surface area is 130 Å². The topological polar surface area (TPSA) is 49.0 Å². The summed E-state index contributed by atoms with van der Waals surface area (Å²) >= 11 is 0. The van der Waals surface area contributed by atoms with Gasteiger partial charge in [-0.05, 0) is 56.1 Å². The van der Waals surface area contributed by atoms with E-state index in [0.717, 1.165) is 41.9 Å². The van der Waals surface area contributed by atoms with Crippen LogP contribution in [0.4, 0.5) is 0 Å². The van der Waals surface area contributed by atoms with Crippen molar-refractivity contribution in [2.24, 2.45) is 11.8 Å². The third-order valence-corrected chi connectivity index (χ3v) is 5.52. The number of fused-ring (bicyclic) bond motifs is 2.